The highest BCUT2D eigenvalue weighted by molar-refractivity contribution is 7.90. The van der Waals surface area contributed by atoms with E-state index in [1.807, 2.05) is 31.2 Å². The molecule has 0 aliphatic carbocycles. The fourth-order valence-corrected chi connectivity index (χ4v) is 6.23. The van der Waals surface area contributed by atoms with E-state index in [0.717, 1.165) is 10.9 Å². The molecule has 1 amide bonds. The van der Waals surface area contributed by atoms with Crippen LogP contribution in [0.4, 0.5) is 0 Å². The summed E-state index contributed by atoms with van der Waals surface area (Å²) in [5.41, 5.74) is 2.96. The summed E-state index contributed by atoms with van der Waals surface area (Å²) < 4.78 is 34.7. The third-order valence-corrected chi connectivity index (χ3v) is 8.06. The number of hydrogen-bond acceptors (Lipinski definition) is 5. The quantitative estimate of drug-likeness (QED) is 0.388. The van der Waals surface area contributed by atoms with E-state index in [1.54, 1.807) is 55.5 Å². The van der Waals surface area contributed by atoms with Crippen LogP contribution in [-0.2, 0) is 14.8 Å². The minimum absolute atomic E-state index is 0.0433. The zero-order valence-electron chi connectivity index (χ0n) is 19.9. The van der Waals surface area contributed by atoms with E-state index in [1.165, 1.54) is 6.07 Å². The highest BCUT2D eigenvalue weighted by Gasteiger charge is 2.34. The number of ketones is 1. The number of sulfonamides is 1. The van der Waals surface area contributed by atoms with Gasteiger partial charge in [0.25, 0.3) is 10.0 Å². The van der Waals surface area contributed by atoms with Crippen molar-refractivity contribution in [3.63, 3.8) is 0 Å². The minimum Gasteiger partial charge on any atom is -0.493 e. The fourth-order valence-electron chi connectivity index (χ4n) is 4.98. The molecule has 1 heterocycles. The number of rotatable bonds is 5. The first-order valence-corrected chi connectivity index (χ1v) is 13.2. The van der Waals surface area contributed by atoms with Crippen molar-refractivity contribution in [2.24, 2.45) is 0 Å². The molecule has 0 aromatic heterocycles. The van der Waals surface area contributed by atoms with Crippen LogP contribution < -0.4 is 9.46 Å². The zero-order valence-corrected chi connectivity index (χ0v) is 20.8. The Balaban J connectivity index is 1.53. The van der Waals surface area contributed by atoms with Crippen molar-refractivity contribution in [3.05, 3.63) is 107 Å². The molecule has 0 bridgehead atoms. The van der Waals surface area contributed by atoms with Crippen molar-refractivity contribution in [2.45, 2.75) is 31.1 Å². The number of nitrogens with one attached hydrogen (secondary N) is 1. The van der Waals surface area contributed by atoms with Crippen LogP contribution in [0.2, 0.25) is 0 Å². The molecule has 0 saturated carbocycles. The summed E-state index contributed by atoms with van der Waals surface area (Å²) in [5, 5.41) is 1.30. The lowest BCUT2D eigenvalue weighted by Gasteiger charge is -2.28. The van der Waals surface area contributed by atoms with Crippen molar-refractivity contribution in [3.8, 4) is 5.75 Å². The molecule has 1 N–H and O–H groups in total. The number of fused-ring (bicyclic) bond motifs is 2. The van der Waals surface area contributed by atoms with Crippen molar-refractivity contribution in [2.75, 3.05) is 6.61 Å². The van der Waals surface area contributed by atoms with Gasteiger partial charge in [-0.15, -0.1) is 0 Å². The summed E-state index contributed by atoms with van der Waals surface area (Å²) in [5.74, 6) is -1.07. The average molecular weight is 500 g/mol. The topological polar surface area (TPSA) is 89.5 Å². The van der Waals surface area contributed by atoms with Gasteiger partial charge in [0, 0.05) is 22.1 Å². The molecule has 4 aromatic rings. The van der Waals surface area contributed by atoms with E-state index in [0.29, 0.717) is 39.8 Å². The Kier molecular flexibility index (Phi) is 6.10. The van der Waals surface area contributed by atoms with Crippen LogP contribution in [0.15, 0.2) is 83.8 Å². The van der Waals surface area contributed by atoms with Crippen LogP contribution >= 0.6 is 0 Å². The number of carbonyl (C=O) groups excluding carboxylic acids is 2. The Morgan fingerprint density at radius 2 is 1.61 bits per heavy atom. The van der Waals surface area contributed by atoms with Gasteiger partial charge in [-0.05, 0) is 48.9 Å². The minimum atomic E-state index is -4.14. The van der Waals surface area contributed by atoms with E-state index < -0.39 is 21.8 Å². The molecule has 1 aliphatic heterocycles. The molecule has 0 spiro atoms. The first-order chi connectivity index (χ1) is 17.3. The Morgan fingerprint density at radius 3 is 2.39 bits per heavy atom. The van der Waals surface area contributed by atoms with E-state index in [2.05, 4.69) is 4.72 Å². The first kappa shape index (κ1) is 23.8. The van der Waals surface area contributed by atoms with E-state index in [-0.39, 0.29) is 17.3 Å². The van der Waals surface area contributed by atoms with Crippen molar-refractivity contribution >= 4 is 32.5 Å². The molecule has 6 nitrogen and oxygen atoms in total. The normalized spacial score (nSPS) is 15.1. The lowest BCUT2D eigenvalue weighted by Crippen LogP contribution is -2.37. The van der Waals surface area contributed by atoms with Gasteiger partial charge in [0.1, 0.15) is 5.75 Å². The maximum Gasteiger partial charge on any atom is 0.264 e. The molecule has 36 heavy (non-hydrogen) atoms. The van der Waals surface area contributed by atoms with Gasteiger partial charge in [-0.25, -0.2) is 13.1 Å². The number of carbonyl (C=O) groups is 2. The second kappa shape index (κ2) is 9.24. The Bertz CT molecular complexity index is 1600. The summed E-state index contributed by atoms with van der Waals surface area (Å²) in [6, 6.07) is 22.8. The van der Waals surface area contributed by atoms with Crippen LogP contribution in [0.1, 0.15) is 45.0 Å². The average Bonchev–Trinajstić information content (AvgIpc) is 2.88. The maximum absolute atomic E-state index is 13.4. The number of aryl methyl sites for hydroxylation is 1. The summed E-state index contributed by atoms with van der Waals surface area (Å²) in [4.78, 5) is 26.8. The summed E-state index contributed by atoms with van der Waals surface area (Å²) >= 11 is 0. The van der Waals surface area contributed by atoms with Gasteiger partial charge in [-0.1, -0.05) is 66.7 Å². The van der Waals surface area contributed by atoms with Gasteiger partial charge in [0.2, 0.25) is 5.91 Å². The first-order valence-electron chi connectivity index (χ1n) is 11.7. The van der Waals surface area contributed by atoms with Crippen LogP contribution in [0.25, 0.3) is 10.8 Å². The molecule has 0 unspecified atom stereocenters. The Morgan fingerprint density at radius 1 is 0.917 bits per heavy atom. The lowest BCUT2D eigenvalue weighted by atomic mass is 9.83. The van der Waals surface area contributed by atoms with E-state index in [9.17, 15) is 18.0 Å². The van der Waals surface area contributed by atoms with E-state index >= 15 is 0 Å². The second-order valence-electron chi connectivity index (χ2n) is 8.94. The zero-order chi connectivity index (χ0) is 25.4. The highest BCUT2D eigenvalue weighted by Crippen LogP contribution is 2.40. The smallest absolute Gasteiger partial charge is 0.264 e. The highest BCUT2D eigenvalue weighted by atomic mass is 32.2. The molecular formula is C29H25NO5S. The van der Waals surface area contributed by atoms with Gasteiger partial charge in [0.05, 0.1) is 17.4 Å². The number of amides is 1. The number of hydrogen-bond donors (Lipinski definition) is 1. The van der Waals surface area contributed by atoms with E-state index in [4.69, 9.17) is 4.74 Å². The van der Waals surface area contributed by atoms with Crippen LogP contribution in [-0.4, -0.2) is 26.7 Å². The van der Waals surface area contributed by atoms with Crippen LogP contribution in [0.5, 0.6) is 5.75 Å². The molecule has 1 atom stereocenters. The summed E-state index contributed by atoms with van der Waals surface area (Å²) in [6.45, 7) is 3.89. The monoisotopic (exact) mass is 499 g/mol. The van der Waals surface area contributed by atoms with Crippen molar-refractivity contribution < 1.29 is 22.7 Å². The third kappa shape index (κ3) is 4.16. The van der Waals surface area contributed by atoms with Gasteiger partial charge < -0.3 is 4.74 Å². The van der Waals surface area contributed by atoms with Crippen LogP contribution in [0.3, 0.4) is 0 Å². The maximum atomic E-state index is 13.4. The lowest BCUT2D eigenvalue weighted by molar-refractivity contribution is -0.121. The molecule has 1 aliphatic rings. The molecule has 0 radical (unpaired) electrons. The SMILES string of the molecule is Cc1cc2c(c(C)c1C(=O)c1ccccc1)[C@@H](C(=O)NS(=O)(=O)c1cccc3ccccc13)CCO2. The van der Waals surface area contributed by atoms with Crippen molar-refractivity contribution in [1.82, 2.24) is 4.72 Å². The number of benzene rings is 4. The molecule has 4 aromatic carbocycles. The van der Waals surface area contributed by atoms with Gasteiger partial charge >= 0.3 is 0 Å². The standard InChI is InChI=1S/C29H25NO5S/c1-18-17-24-27(19(2)26(18)28(31)21-10-4-3-5-11-21)23(15-16-35-24)29(32)30-36(33,34)25-14-8-12-20-9-6-7-13-22(20)25/h3-14,17,23H,15-16H2,1-2H3,(H,30,32)/t23-/m0/s1. The van der Waals surface area contributed by atoms with Gasteiger partial charge in [0.15, 0.2) is 5.78 Å². The molecule has 7 heteroatoms. The third-order valence-electron chi connectivity index (χ3n) is 6.65. The van der Waals surface area contributed by atoms with Gasteiger partial charge in [-0.2, -0.15) is 0 Å². The van der Waals surface area contributed by atoms with Crippen LogP contribution in [0, 0.1) is 13.8 Å². The Hall–Kier alpha value is -3.97. The molecule has 5 rings (SSSR count). The summed E-state index contributed by atoms with van der Waals surface area (Å²) in [7, 11) is -4.14. The molecule has 0 fully saturated rings. The molecular weight excluding hydrogens is 474 g/mol. The molecule has 182 valence electrons. The largest absolute Gasteiger partial charge is 0.493 e. The summed E-state index contributed by atoms with van der Waals surface area (Å²) in [6.07, 6.45) is 0.298. The fraction of sp³-hybridized carbons (Fsp3) is 0.172. The van der Waals surface area contributed by atoms with Gasteiger partial charge in [-0.3, -0.25) is 9.59 Å². The number of ether oxygens (including phenoxy) is 1. The molecule has 0 saturated heterocycles. The second-order valence-corrected chi connectivity index (χ2v) is 10.6. The van der Waals surface area contributed by atoms with Crippen molar-refractivity contribution in [1.29, 1.82) is 0 Å². The Labute approximate surface area is 210 Å². The predicted molar refractivity (Wildman–Crippen MR) is 138 cm³/mol. The predicted octanol–water partition coefficient (Wildman–Crippen LogP) is 5.06.